The highest BCUT2D eigenvalue weighted by Gasteiger charge is 2.10. The Hall–Kier alpha value is -3.80. The molecule has 0 unspecified atom stereocenters. The van der Waals surface area contributed by atoms with Crippen LogP contribution in [0.2, 0.25) is 0 Å². The second-order valence-electron chi connectivity index (χ2n) is 6.83. The molecule has 0 aliphatic carbocycles. The lowest BCUT2D eigenvalue weighted by molar-refractivity contribution is 0.0952. The summed E-state index contributed by atoms with van der Waals surface area (Å²) in [5, 5.41) is 5.65. The van der Waals surface area contributed by atoms with Crippen molar-refractivity contribution in [1.29, 1.82) is 0 Å². The first-order valence-electron chi connectivity index (χ1n) is 10.3. The van der Waals surface area contributed by atoms with Crippen LogP contribution in [0.15, 0.2) is 78.9 Å². The Labute approximate surface area is 182 Å². The molecule has 0 aliphatic heterocycles. The molecule has 3 rings (SSSR count). The molecule has 6 heteroatoms. The van der Waals surface area contributed by atoms with E-state index in [9.17, 15) is 9.59 Å². The topological polar surface area (TPSA) is 76.7 Å². The third-order valence-corrected chi connectivity index (χ3v) is 4.38. The molecule has 3 aromatic carbocycles. The van der Waals surface area contributed by atoms with Crippen molar-refractivity contribution < 1.29 is 19.1 Å². The molecule has 160 valence electrons. The van der Waals surface area contributed by atoms with E-state index in [1.165, 1.54) is 0 Å². The van der Waals surface area contributed by atoms with Crippen LogP contribution in [0.5, 0.6) is 11.5 Å². The van der Waals surface area contributed by atoms with Gasteiger partial charge < -0.3 is 20.1 Å². The highest BCUT2D eigenvalue weighted by Crippen LogP contribution is 2.17. The minimum absolute atomic E-state index is 0.161. The van der Waals surface area contributed by atoms with E-state index in [1.54, 1.807) is 48.5 Å². The average molecular weight is 418 g/mol. The Kier molecular flexibility index (Phi) is 8.05. The number of ether oxygens (including phenoxy) is 2. The summed E-state index contributed by atoms with van der Waals surface area (Å²) in [6, 6.07) is 23.3. The summed E-state index contributed by atoms with van der Waals surface area (Å²) in [6.45, 7) is 3.35. The lowest BCUT2D eigenvalue weighted by atomic mass is 10.1. The fourth-order valence-corrected chi connectivity index (χ4v) is 2.84. The maximum Gasteiger partial charge on any atom is 0.255 e. The molecule has 0 saturated heterocycles. The van der Waals surface area contributed by atoms with E-state index >= 15 is 0 Å². The van der Waals surface area contributed by atoms with Crippen LogP contribution in [0.25, 0.3) is 0 Å². The monoisotopic (exact) mass is 418 g/mol. The quantitative estimate of drug-likeness (QED) is 0.474. The maximum absolute atomic E-state index is 12.6. The molecule has 0 spiro atoms. The fraction of sp³-hybridized carbons (Fsp3) is 0.200. The fourth-order valence-electron chi connectivity index (χ4n) is 2.84. The van der Waals surface area contributed by atoms with Gasteiger partial charge in [-0.15, -0.1) is 0 Å². The van der Waals surface area contributed by atoms with Gasteiger partial charge in [0, 0.05) is 23.4 Å². The van der Waals surface area contributed by atoms with Crippen molar-refractivity contribution in [2.24, 2.45) is 0 Å². The van der Waals surface area contributed by atoms with Gasteiger partial charge >= 0.3 is 0 Å². The van der Waals surface area contributed by atoms with Gasteiger partial charge in [0.1, 0.15) is 24.7 Å². The molecule has 0 fully saturated rings. The molecule has 2 N–H and O–H groups in total. The van der Waals surface area contributed by atoms with Gasteiger partial charge in [-0.05, 0) is 55.0 Å². The molecule has 31 heavy (non-hydrogen) atoms. The van der Waals surface area contributed by atoms with E-state index in [-0.39, 0.29) is 11.8 Å². The number of para-hydroxylation sites is 1. The van der Waals surface area contributed by atoms with Crippen LogP contribution in [0.3, 0.4) is 0 Å². The van der Waals surface area contributed by atoms with Crippen molar-refractivity contribution in [3.05, 3.63) is 90.0 Å². The van der Waals surface area contributed by atoms with Gasteiger partial charge in [-0.2, -0.15) is 0 Å². The third-order valence-electron chi connectivity index (χ3n) is 4.38. The van der Waals surface area contributed by atoms with Crippen LogP contribution in [0.4, 0.5) is 5.69 Å². The molecule has 0 aliphatic rings. The summed E-state index contributed by atoms with van der Waals surface area (Å²) < 4.78 is 11.3. The van der Waals surface area contributed by atoms with E-state index in [0.29, 0.717) is 42.3 Å². The van der Waals surface area contributed by atoms with Crippen LogP contribution in [-0.4, -0.2) is 31.6 Å². The number of hydrogen-bond acceptors (Lipinski definition) is 4. The van der Waals surface area contributed by atoms with Gasteiger partial charge in [0.25, 0.3) is 11.8 Å². The number of amides is 2. The summed E-state index contributed by atoms with van der Waals surface area (Å²) in [5.74, 6) is 0.921. The standard InChI is InChI=1S/C25H26N2O4/c1-2-14-26-24(28)19-8-6-10-21(17-19)27-25(29)20-9-7-13-23(18-20)31-16-15-30-22-11-4-3-5-12-22/h3-13,17-18H,2,14-16H2,1H3,(H,26,28)(H,27,29). The van der Waals surface area contributed by atoms with Crippen molar-refractivity contribution in [2.45, 2.75) is 13.3 Å². The maximum atomic E-state index is 12.6. The number of carbonyl (C=O) groups is 2. The van der Waals surface area contributed by atoms with Crippen molar-refractivity contribution in [2.75, 3.05) is 25.1 Å². The SMILES string of the molecule is CCCNC(=O)c1cccc(NC(=O)c2cccc(OCCOc3ccccc3)c2)c1. The molecular formula is C25H26N2O4. The van der Waals surface area contributed by atoms with Gasteiger partial charge in [-0.1, -0.05) is 37.3 Å². The van der Waals surface area contributed by atoms with Crippen molar-refractivity contribution >= 4 is 17.5 Å². The van der Waals surface area contributed by atoms with E-state index in [1.807, 2.05) is 37.3 Å². The molecule has 0 bridgehead atoms. The summed E-state index contributed by atoms with van der Waals surface area (Å²) in [5.41, 5.74) is 1.51. The Morgan fingerprint density at radius 1 is 0.742 bits per heavy atom. The molecule has 2 amide bonds. The summed E-state index contributed by atoms with van der Waals surface area (Å²) >= 11 is 0. The van der Waals surface area contributed by atoms with Gasteiger partial charge in [0.15, 0.2) is 0 Å². The molecule has 0 heterocycles. The normalized spacial score (nSPS) is 10.2. The smallest absolute Gasteiger partial charge is 0.255 e. The minimum Gasteiger partial charge on any atom is -0.490 e. The Morgan fingerprint density at radius 3 is 2.13 bits per heavy atom. The third kappa shape index (κ3) is 6.89. The number of nitrogens with one attached hydrogen (secondary N) is 2. The number of anilines is 1. The van der Waals surface area contributed by atoms with Gasteiger partial charge in [0.05, 0.1) is 0 Å². The molecular weight excluding hydrogens is 392 g/mol. The first-order chi connectivity index (χ1) is 15.2. The van der Waals surface area contributed by atoms with Crippen LogP contribution in [-0.2, 0) is 0 Å². The Balaban J connectivity index is 1.54. The minimum atomic E-state index is -0.280. The van der Waals surface area contributed by atoms with Gasteiger partial charge in [-0.3, -0.25) is 9.59 Å². The van der Waals surface area contributed by atoms with E-state index < -0.39 is 0 Å². The number of carbonyl (C=O) groups excluding carboxylic acids is 2. The molecule has 0 aromatic heterocycles. The Bertz CT molecular complexity index is 1010. The Morgan fingerprint density at radius 2 is 1.39 bits per heavy atom. The second kappa shape index (κ2) is 11.4. The van der Waals surface area contributed by atoms with Crippen LogP contribution >= 0.6 is 0 Å². The van der Waals surface area contributed by atoms with E-state index in [2.05, 4.69) is 10.6 Å². The summed E-state index contributed by atoms with van der Waals surface area (Å²) in [7, 11) is 0. The lowest BCUT2D eigenvalue weighted by Crippen LogP contribution is -2.24. The zero-order valence-corrected chi connectivity index (χ0v) is 17.5. The van der Waals surface area contributed by atoms with Crippen molar-refractivity contribution in [1.82, 2.24) is 5.32 Å². The molecule has 0 saturated carbocycles. The average Bonchev–Trinajstić information content (AvgIpc) is 2.81. The molecule has 3 aromatic rings. The zero-order chi connectivity index (χ0) is 21.9. The van der Waals surface area contributed by atoms with Crippen molar-refractivity contribution in [3.63, 3.8) is 0 Å². The van der Waals surface area contributed by atoms with Crippen molar-refractivity contribution in [3.8, 4) is 11.5 Å². The zero-order valence-electron chi connectivity index (χ0n) is 17.5. The summed E-state index contributed by atoms with van der Waals surface area (Å²) in [4.78, 5) is 24.8. The molecule has 0 atom stereocenters. The number of benzene rings is 3. The molecule has 0 radical (unpaired) electrons. The number of hydrogen-bond donors (Lipinski definition) is 2. The van der Waals surface area contributed by atoms with E-state index in [0.717, 1.165) is 12.2 Å². The predicted molar refractivity (Wildman–Crippen MR) is 121 cm³/mol. The highest BCUT2D eigenvalue weighted by atomic mass is 16.5. The molecule has 6 nitrogen and oxygen atoms in total. The highest BCUT2D eigenvalue weighted by molar-refractivity contribution is 6.05. The largest absolute Gasteiger partial charge is 0.490 e. The predicted octanol–water partition coefficient (Wildman–Crippen LogP) is 4.54. The van der Waals surface area contributed by atoms with E-state index in [4.69, 9.17) is 9.47 Å². The summed E-state index contributed by atoms with van der Waals surface area (Å²) in [6.07, 6.45) is 0.860. The van der Waals surface area contributed by atoms with Crippen LogP contribution in [0.1, 0.15) is 34.1 Å². The lowest BCUT2D eigenvalue weighted by Gasteiger charge is -2.10. The first kappa shape index (κ1) is 21.9. The van der Waals surface area contributed by atoms with Gasteiger partial charge in [-0.25, -0.2) is 0 Å². The first-order valence-corrected chi connectivity index (χ1v) is 10.3. The second-order valence-corrected chi connectivity index (χ2v) is 6.83. The van der Waals surface area contributed by atoms with Crippen LogP contribution < -0.4 is 20.1 Å². The van der Waals surface area contributed by atoms with Gasteiger partial charge in [0.2, 0.25) is 0 Å². The van der Waals surface area contributed by atoms with Crippen LogP contribution in [0, 0.1) is 0 Å². The number of rotatable bonds is 10.